The van der Waals surface area contributed by atoms with Crippen LogP contribution >= 0.6 is 0 Å². The maximum absolute atomic E-state index is 6.27. The van der Waals surface area contributed by atoms with E-state index in [9.17, 15) is 0 Å². The molecule has 156 valence electrons. The van der Waals surface area contributed by atoms with Crippen molar-refractivity contribution in [1.29, 1.82) is 0 Å². The van der Waals surface area contributed by atoms with Gasteiger partial charge in [-0.15, -0.1) is 0 Å². The van der Waals surface area contributed by atoms with Crippen molar-refractivity contribution < 1.29 is 13.6 Å². The zero-order valence-corrected chi connectivity index (χ0v) is 20.6. The maximum Gasteiger partial charge on any atom is 0.242 e. The van der Waals surface area contributed by atoms with E-state index in [1.165, 1.54) is 0 Å². The fourth-order valence-corrected chi connectivity index (χ4v) is 4.36. The fourth-order valence-electron chi connectivity index (χ4n) is 2.64. The molecule has 0 fully saturated rings. The third-order valence-electron chi connectivity index (χ3n) is 3.72. The second-order valence-corrected chi connectivity index (χ2v) is 17.7. The van der Waals surface area contributed by atoms with Crippen LogP contribution in [0.4, 0.5) is 0 Å². The van der Waals surface area contributed by atoms with Crippen LogP contribution in [-0.4, -0.2) is 29.8 Å². The lowest BCUT2D eigenvalue weighted by molar-refractivity contribution is 0.192. The van der Waals surface area contributed by atoms with E-state index in [-0.39, 0.29) is 0 Å². The fraction of sp³-hybridized carbons (Fsp3) is 0.333. The molecule has 5 heteroatoms. The average molecular weight is 427 g/mol. The van der Waals surface area contributed by atoms with E-state index in [0.29, 0.717) is 13.2 Å². The smallest absolute Gasteiger partial charge is 0.242 e. The van der Waals surface area contributed by atoms with Gasteiger partial charge in [-0.25, -0.2) is 0 Å². The van der Waals surface area contributed by atoms with E-state index in [4.69, 9.17) is 13.6 Å². The lowest BCUT2D eigenvalue weighted by Crippen LogP contribution is -2.24. The van der Waals surface area contributed by atoms with Crippen molar-refractivity contribution >= 4 is 28.2 Å². The monoisotopic (exact) mass is 426 g/mol. The Morgan fingerprint density at radius 3 is 1.28 bits per heavy atom. The number of benzene rings is 2. The number of hydrogen-bond acceptors (Lipinski definition) is 3. The normalized spacial score (nSPS) is 13.3. The van der Waals surface area contributed by atoms with E-state index >= 15 is 0 Å². The molecule has 0 heterocycles. The Hall–Kier alpha value is -2.09. The van der Waals surface area contributed by atoms with Gasteiger partial charge < -0.3 is 13.6 Å². The summed E-state index contributed by atoms with van der Waals surface area (Å²) in [6.07, 6.45) is 4.06. The van der Waals surface area contributed by atoms with E-state index in [2.05, 4.69) is 63.5 Å². The topological polar surface area (TPSA) is 27.7 Å². The van der Waals surface area contributed by atoms with Gasteiger partial charge in [0.1, 0.15) is 11.5 Å². The molecular formula is C24H34O3Si2. The molecule has 3 nitrogen and oxygen atoms in total. The molecule has 0 aliphatic heterocycles. The van der Waals surface area contributed by atoms with Crippen molar-refractivity contribution in [1.82, 2.24) is 0 Å². The average Bonchev–Trinajstić information content (AvgIpc) is 2.65. The van der Waals surface area contributed by atoms with Gasteiger partial charge in [0.15, 0.2) is 0 Å². The molecule has 0 aliphatic carbocycles. The summed E-state index contributed by atoms with van der Waals surface area (Å²) < 4.78 is 18.4. The standard InChI is InChI=1S/C24H34O3Si2/c1-28(2,3)26-23(21-13-9-7-10-14-21)17-19-25-20-18-24(27-29(4,5)6)22-15-11-8-12-16-22/h7-18H,19-20H2,1-6H3. The van der Waals surface area contributed by atoms with Crippen molar-refractivity contribution in [3.05, 3.63) is 83.9 Å². The second kappa shape index (κ2) is 10.6. The first-order valence-electron chi connectivity index (χ1n) is 10.1. The second-order valence-electron chi connectivity index (χ2n) is 8.84. The molecule has 2 aromatic rings. The van der Waals surface area contributed by atoms with Gasteiger partial charge in [-0.2, -0.15) is 0 Å². The quantitative estimate of drug-likeness (QED) is 0.238. The van der Waals surface area contributed by atoms with Crippen molar-refractivity contribution in [2.45, 2.75) is 39.3 Å². The summed E-state index contributed by atoms with van der Waals surface area (Å²) in [5, 5.41) is 0. The zero-order chi connectivity index (χ0) is 21.3. The van der Waals surface area contributed by atoms with Crippen LogP contribution in [0, 0.1) is 0 Å². The predicted octanol–water partition coefficient (Wildman–Crippen LogP) is 6.79. The molecule has 0 saturated heterocycles. The van der Waals surface area contributed by atoms with Crippen LogP contribution in [0.15, 0.2) is 72.8 Å². The Morgan fingerprint density at radius 2 is 0.966 bits per heavy atom. The molecule has 2 aromatic carbocycles. The van der Waals surface area contributed by atoms with Gasteiger partial charge in [0.25, 0.3) is 0 Å². The minimum Gasteiger partial charge on any atom is -0.544 e. The van der Waals surface area contributed by atoms with Gasteiger partial charge in [-0.05, 0) is 51.4 Å². The molecule has 0 bridgehead atoms. The summed E-state index contributed by atoms with van der Waals surface area (Å²) in [4.78, 5) is 0. The largest absolute Gasteiger partial charge is 0.544 e. The first-order chi connectivity index (χ1) is 13.6. The first kappa shape index (κ1) is 23.2. The Balaban J connectivity index is 2.06. The molecule has 0 N–H and O–H groups in total. The van der Waals surface area contributed by atoms with E-state index < -0.39 is 16.6 Å². The van der Waals surface area contributed by atoms with E-state index in [0.717, 1.165) is 22.6 Å². The van der Waals surface area contributed by atoms with Gasteiger partial charge in [0.2, 0.25) is 16.6 Å². The number of ether oxygens (including phenoxy) is 1. The molecule has 0 radical (unpaired) electrons. The Labute approximate surface area is 178 Å². The summed E-state index contributed by atoms with van der Waals surface area (Å²) in [5.74, 6) is 1.80. The van der Waals surface area contributed by atoms with Gasteiger partial charge in [-0.3, -0.25) is 0 Å². The van der Waals surface area contributed by atoms with Crippen LogP contribution in [0.3, 0.4) is 0 Å². The SMILES string of the molecule is C[Si](C)(C)OC(=CCOCC=C(O[Si](C)(C)C)c1ccccc1)c1ccccc1. The van der Waals surface area contributed by atoms with Crippen LogP contribution < -0.4 is 0 Å². The zero-order valence-electron chi connectivity index (χ0n) is 18.6. The Bertz CT molecular complexity index is 732. The van der Waals surface area contributed by atoms with Crippen molar-refractivity contribution in [3.63, 3.8) is 0 Å². The molecule has 2 rings (SSSR count). The van der Waals surface area contributed by atoms with Gasteiger partial charge in [0, 0.05) is 11.1 Å². The number of rotatable bonds is 10. The van der Waals surface area contributed by atoms with Gasteiger partial charge in [0.05, 0.1) is 13.2 Å². The van der Waals surface area contributed by atoms with E-state index in [1.807, 2.05) is 48.6 Å². The molecule has 0 saturated carbocycles. The molecule has 29 heavy (non-hydrogen) atoms. The highest BCUT2D eigenvalue weighted by atomic mass is 28.4. The van der Waals surface area contributed by atoms with Crippen LogP contribution in [0.2, 0.25) is 39.3 Å². The molecular weight excluding hydrogens is 392 g/mol. The van der Waals surface area contributed by atoms with Crippen LogP contribution in [0.25, 0.3) is 11.5 Å². The molecule has 0 aliphatic rings. The number of hydrogen-bond donors (Lipinski definition) is 0. The first-order valence-corrected chi connectivity index (χ1v) is 16.9. The van der Waals surface area contributed by atoms with E-state index in [1.54, 1.807) is 0 Å². The lowest BCUT2D eigenvalue weighted by Gasteiger charge is -2.22. The lowest BCUT2D eigenvalue weighted by atomic mass is 10.2. The van der Waals surface area contributed by atoms with Crippen LogP contribution in [0.5, 0.6) is 0 Å². The highest BCUT2D eigenvalue weighted by Gasteiger charge is 2.19. The Kier molecular flexibility index (Phi) is 8.50. The summed E-state index contributed by atoms with van der Waals surface area (Å²) in [6, 6.07) is 20.4. The summed E-state index contributed by atoms with van der Waals surface area (Å²) in [5.41, 5.74) is 2.17. The third-order valence-corrected chi connectivity index (χ3v) is 5.39. The third kappa shape index (κ3) is 9.30. The molecule has 0 atom stereocenters. The van der Waals surface area contributed by atoms with Crippen molar-refractivity contribution in [2.24, 2.45) is 0 Å². The minimum absolute atomic E-state index is 0.486. The molecule has 0 aromatic heterocycles. The summed E-state index contributed by atoms with van der Waals surface area (Å²) in [7, 11) is -3.42. The highest BCUT2D eigenvalue weighted by molar-refractivity contribution is 6.70. The summed E-state index contributed by atoms with van der Waals surface area (Å²) >= 11 is 0. The van der Waals surface area contributed by atoms with Crippen LogP contribution in [-0.2, 0) is 13.6 Å². The summed E-state index contributed by atoms with van der Waals surface area (Å²) in [6.45, 7) is 14.1. The Morgan fingerprint density at radius 1 is 0.621 bits per heavy atom. The van der Waals surface area contributed by atoms with Crippen molar-refractivity contribution in [3.8, 4) is 0 Å². The van der Waals surface area contributed by atoms with Crippen molar-refractivity contribution in [2.75, 3.05) is 13.2 Å². The molecule has 0 unspecified atom stereocenters. The molecule has 0 spiro atoms. The molecule has 0 amide bonds. The van der Waals surface area contributed by atoms with Gasteiger partial charge >= 0.3 is 0 Å². The van der Waals surface area contributed by atoms with Crippen LogP contribution in [0.1, 0.15) is 11.1 Å². The van der Waals surface area contributed by atoms with Gasteiger partial charge in [-0.1, -0.05) is 60.7 Å². The highest BCUT2D eigenvalue weighted by Crippen LogP contribution is 2.22. The maximum atomic E-state index is 6.27. The predicted molar refractivity (Wildman–Crippen MR) is 129 cm³/mol. The minimum atomic E-state index is -1.71.